The third-order valence-electron chi connectivity index (χ3n) is 3.99. The second-order valence-corrected chi connectivity index (χ2v) is 5.69. The van der Waals surface area contributed by atoms with Crippen LogP contribution < -0.4 is 15.4 Å². The zero-order valence-corrected chi connectivity index (χ0v) is 12.8. The van der Waals surface area contributed by atoms with E-state index in [1.165, 1.54) is 0 Å². The van der Waals surface area contributed by atoms with Crippen LogP contribution in [0.25, 0.3) is 0 Å². The Morgan fingerprint density at radius 3 is 2.71 bits per heavy atom. The average Bonchev–Trinajstić information content (AvgIpc) is 2.53. The van der Waals surface area contributed by atoms with Gasteiger partial charge < -0.3 is 15.4 Å². The summed E-state index contributed by atoms with van der Waals surface area (Å²) in [7, 11) is 0. The van der Waals surface area contributed by atoms with Gasteiger partial charge in [-0.1, -0.05) is 25.1 Å². The molecule has 0 radical (unpaired) electrons. The topological polar surface area (TPSA) is 50.4 Å². The summed E-state index contributed by atoms with van der Waals surface area (Å²) in [5, 5.41) is 6.43. The molecule has 21 heavy (non-hydrogen) atoms. The Morgan fingerprint density at radius 1 is 1.33 bits per heavy atom. The Kier molecular flexibility index (Phi) is 6.54. The molecule has 0 aromatic heterocycles. The molecule has 116 valence electrons. The minimum absolute atomic E-state index is 0.0828. The van der Waals surface area contributed by atoms with Gasteiger partial charge in [0.1, 0.15) is 12.4 Å². The van der Waals surface area contributed by atoms with Crippen LogP contribution in [0.5, 0.6) is 5.75 Å². The number of hydrogen-bond acceptors (Lipinski definition) is 3. The fourth-order valence-corrected chi connectivity index (χ4v) is 2.61. The third kappa shape index (κ3) is 5.76. The maximum atomic E-state index is 12.1. The van der Waals surface area contributed by atoms with Gasteiger partial charge in [-0.2, -0.15) is 0 Å². The van der Waals surface area contributed by atoms with Crippen molar-refractivity contribution in [2.45, 2.75) is 38.6 Å². The zero-order chi connectivity index (χ0) is 14.9. The molecule has 0 unspecified atom stereocenters. The number of benzene rings is 1. The summed E-state index contributed by atoms with van der Waals surface area (Å²) in [4.78, 5) is 12.1. The number of carbonyl (C=O) groups is 1. The number of para-hydroxylation sites is 1. The predicted octanol–water partition coefficient (Wildman–Crippen LogP) is 2.35. The van der Waals surface area contributed by atoms with Gasteiger partial charge in [0.05, 0.1) is 6.04 Å². The maximum absolute atomic E-state index is 12.1. The molecule has 4 heteroatoms. The minimum atomic E-state index is 0.0828. The molecule has 0 spiro atoms. The van der Waals surface area contributed by atoms with Crippen molar-refractivity contribution in [1.29, 1.82) is 0 Å². The first-order chi connectivity index (χ1) is 10.3. The van der Waals surface area contributed by atoms with Crippen LogP contribution in [0.3, 0.4) is 0 Å². The van der Waals surface area contributed by atoms with Crippen LogP contribution in [-0.2, 0) is 4.79 Å². The van der Waals surface area contributed by atoms with Gasteiger partial charge in [-0.05, 0) is 50.4 Å². The van der Waals surface area contributed by atoms with Crippen molar-refractivity contribution in [2.75, 3.05) is 19.7 Å². The molecule has 1 heterocycles. The third-order valence-corrected chi connectivity index (χ3v) is 3.99. The summed E-state index contributed by atoms with van der Waals surface area (Å²) in [5.41, 5.74) is 0. The van der Waals surface area contributed by atoms with Gasteiger partial charge in [0, 0.05) is 6.42 Å². The van der Waals surface area contributed by atoms with Crippen molar-refractivity contribution in [2.24, 2.45) is 5.92 Å². The second kappa shape index (κ2) is 8.67. The first-order valence-electron chi connectivity index (χ1n) is 7.96. The number of hydrogen-bond donors (Lipinski definition) is 2. The van der Waals surface area contributed by atoms with Crippen LogP contribution in [-0.4, -0.2) is 31.6 Å². The molecule has 1 aliphatic heterocycles. The van der Waals surface area contributed by atoms with Crippen LogP contribution in [0, 0.1) is 5.92 Å². The fraction of sp³-hybridized carbons (Fsp3) is 0.588. The molecule has 2 rings (SSSR count). The standard InChI is InChI=1S/C17H26N2O2/c1-2-15(13-21-16-6-4-3-5-7-16)19-17(20)12-14-8-10-18-11-9-14/h3-7,14-15,18H,2,8-13H2,1H3,(H,19,20)/t15-/m1/s1. The smallest absolute Gasteiger partial charge is 0.220 e. The Labute approximate surface area is 127 Å². The van der Waals surface area contributed by atoms with Gasteiger partial charge in [-0.15, -0.1) is 0 Å². The number of piperidine rings is 1. The van der Waals surface area contributed by atoms with Gasteiger partial charge in [0.2, 0.25) is 5.91 Å². The van der Waals surface area contributed by atoms with Crippen molar-refractivity contribution in [3.8, 4) is 5.75 Å². The Balaban J connectivity index is 1.72. The van der Waals surface area contributed by atoms with Crippen molar-refractivity contribution >= 4 is 5.91 Å². The van der Waals surface area contributed by atoms with E-state index in [9.17, 15) is 4.79 Å². The lowest BCUT2D eigenvalue weighted by Gasteiger charge is -2.23. The van der Waals surface area contributed by atoms with Gasteiger partial charge in [-0.25, -0.2) is 0 Å². The van der Waals surface area contributed by atoms with E-state index in [4.69, 9.17) is 4.74 Å². The van der Waals surface area contributed by atoms with E-state index in [-0.39, 0.29) is 11.9 Å². The van der Waals surface area contributed by atoms with Crippen LogP contribution in [0.4, 0.5) is 0 Å². The Bertz CT molecular complexity index is 416. The van der Waals surface area contributed by atoms with Gasteiger partial charge >= 0.3 is 0 Å². The van der Waals surface area contributed by atoms with Crippen molar-refractivity contribution in [3.63, 3.8) is 0 Å². The number of ether oxygens (including phenoxy) is 1. The van der Waals surface area contributed by atoms with E-state index >= 15 is 0 Å². The molecule has 0 bridgehead atoms. The molecular weight excluding hydrogens is 264 g/mol. The van der Waals surface area contributed by atoms with Crippen molar-refractivity contribution in [3.05, 3.63) is 30.3 Å². The number of amides is 1. The minimum Gasteiger partial charge on any atom is -0.491 e. The summed E-state index contributed by atoms with van der Waals surface area (Å²) in [6, 6.07) is 9.82. The van der Waals surface area contributed by atoms with Crippen LogP contribution in [0.1, 0.15) is 32.6 Å². The molecule has 2 N–H and O–H groups in total. The Hall–Kier alpha value is -1.55. The largest absolute Gasteiger partial charge is 0.491 e. The predicted molar refractivity (Wildman–Crippen MR) is 84.4 cm³/mol. The molecule has 1 atom stereocenters. The van der Waals surface area contributed by atoms with E-state index in [1.54, 1.807) is 0 Å². The van der Waals surface area contributed by atoms with E-state index in [1.807, 2.05) is 30.3 Å². The molecule has 0 saturated carbocycles. The molecule has 1 fully saturated rings. The van der Waals surface area contributed by atoms with E-state index < -0.39 is 0 Å². The molecule has 1 aromatic carbocycles. The summed E-state index contributed by atoms with van der Waals surface area (Å²) < 4.78 is 5.73. The lowest BCUT2D eigenvalue weighted by Crippen LogP contribution is -2.40. The van der Waals surface area contributed by atoms with Crippen molar-refractivity contribution in [1.82, 2.24) is 10.6 Å². The lowest BCUT2D eigenvalue weighted by atomic mass is 9.94. The number of nitrogens with one attached hydrogen (secondary N) is 2. The number of rotatable bonds is 7. The highest BCUT2D eigenvalue weighted by Gasteiger charge is 2.18. The molecule has 1 aromatic rings. The van der Waals surface area contributed by atoms with Crippen LogP contribution >= 0.6 is 0 Å². The molecule has 1 saturated heterocycles. The van der Waals surface area contributed by atoms with Crippen molar-refractivity contribution < 1.29 is 9.53 Å². The van der Waals surface area contributed by atoms with E-state index in [0.29, 0.717) is 18.9 Å². The normalized spacial score (nSPS) is 17.2. The number of carbonyl (C=O) groups excluding carboxylic acids is 1. The molecule has 1 aliphatic rings. The summed E-state index contributed by atoms with van der Waals surface area (Å²) in [6.45, 7) is 4.67. The lowest BCUT2D eigenvalue weighted by molar-refractivity contribution is -0.123. The van der Waals surface area contributed by atoms with Gasteiger partial charge in [-0.3, -0.25) is 4.79 Å². The first kappa shape index (κ1) is 15.8. The molecular formula is C17H26N2O2. The van der Waals surface area contributed by atoms with Gasteiger partial charge in [0.15, 0.2) is 0 Å². The highest BCUT2D eigenvalue weighted by molar-refractivity contribution is 5.76. The molecule has 4 nitrogen and oxygen atoms in total. The van der Waals surface area contributed by atoms with Crippen LogP contribution in [0.2, 0.25) is 0 Å². The Morgan fingerprint density at radius 2 is 2.05 bits per heavy atom. The monoisotopic (exact) mass is 290 g/mol. The van der Waals surface area contributed by atoms with Gasteiger partial charge in [0.25, 0.3) is 0 Å². The maximum Gasteiger partial charge on any atom is 0.220 e. The first-order valence-corrected chi connectivity index (χ1v) is 7.96. The SMILES string of the molecule is CC[C@H](COc1ccccc1)NC(=O)CC1CCNCC1. The second-order valence-electron chi connectivity index (χ2n) is 5.69. The highest BCUT2D eigenvalue weighted by Crippen LogP contribution is 2.16. The summed E-state index contributed by atoms with van der Waals surface area (Å²) in [6.07, 6.45) is 3.73. The highest BCUT2D eigenvalue weighted by atomic mass is 16.5. The zero-order valence-electron chi connectivity index (χ0n) is 12.8. The van der Waals surface area contributed by atoms with E-state index in [2.05, 4.69) is 17.6 Å². The quantitative estimate of drug-likeness (QED) is 0.810. The summed E-state index contributed by atoms with van der Waals surface area (Å²) >= 11 is 0. The van der Waals surface area contributed by atoms with E-state index in [0.717, 1.165) is 38.1 Å². The fourth-order valence-electron chi connectivity index (χ4n) is 2.61. The summed E-state index contributed by atoms with van der Waals surface area (Å²) in [5.74, 6) is 1.53. The van der Waals surface area contributed by atoms with Crippen LogP contribution in [0.15, 0.2) is 30.3 Å². The molecule has 1 amide bonds. The molecule has 0 aliphatic carbocycles. The average molecular weight is 290 g/mol.